The van der Waals surface area contributed by atoms with Crippen LogP contribution in [0.3, 0.4) is 0 Å². The standard InChI is InChI=1S/C36H40F2N2O15P2/c1-33-11-10-21(41)14-24(33)25(37)15-23-22-16-28-36(34(22,2)17-26(42)35(23,33)38,54-32(53-28)20-6-4-3-5-7-20)27(43)19-52-57(49,50)55-56(47,48)51-13-12-39-29(44)18-40-30(45)8-9-31(40)46/h3-11,14,22-23,25-26,28,32,42H,12-13,15-19H2,1-2H3,(H,39,44)(H,47,48)(H,49,50)/p-2/t22-,23-,25-,26-,28+,32+,33-,34-,35-,36+/m0/s1. The second kappa shape index (κ2) is 14.6. The number of amides is 3. The molecule has 2 N–H and O–H groups in total. The molecule has 21 heteroatoms. The fraction of sp³-hybridized carbons (Fsp3) is 0.528. The Kier molecular flexibility index (Phi) is 10.6. The first-order valence-electron chi connectivity index (χ1n) is 18.0. The number of hydrogen-bond donors (Lipinski definition) is 2. The third kappa shape index (κ3) is 6.85. The molecular weight excluding hydrogens is 800 g/mol. The number of rotatable bonds is 13. The van der Waals surface area contributed by atoms with Gasteiger partial charge in [0.25, 0.3) is 27.5 Å². The first-order chi connectivity index (χ1) is 26.7. The lowest BCUT2D eigenvalue weighted by Crippen LogP contribution is -2.70. The van der Waals surface area contributed by atoms with Crippen LogP contribution < -0.4 is 15.1 Å². The van der Waals surface area contributed by atoms with E-state index in [0.717, 1.165) is 24.3 Å². The molecule has 3 amide bonds. The normalized spacial score (nSPS) is 38.8. The van der Waals surface area contributed by atoms with Crippen molar-refractivity contribution in [3.05, 3.63) is 71.8 Å². The first-order valence-corrected chi connectivity index (χ1v) is 20.9. The van der Waals surface area contributed by atoms with E-state index in [1.165, 1.54) is 13.0 Å². The van der Waals surface area contributed by atoms with Gasteiger partial charge in [0.1, 0.15) is 19.3 Å². The molecule has 57 heavy (non-hydrogen) atoms. The molecule has 1 aromatic carbocycles. The van der Waals surface area contributed by atoms with Crippen molar-refractivity contribution in [2.24, 2.45) is 22.7 Å². The number of ether oxygens (including phenoxy) is 2. The maximum Gasteiger partial charge on any atom is 0.274 e. The molecule has 2 unspecified atom stereocenters. The van der Waals surface area contributed by atoms with Gasteiger partial charge in [0.05, 0.1) is 18.8 Å². The lowest BCUT2D eigenvalue weighted by atomic mass is 9.44. The summed E-state index contributed by atoms with van der Waals surface area (Å²) in [6.07, 6.45) is -1.69. The average molecular weight is 839 g/mol. The van der Waals surface area contributed by atoms with Gasteiger partial charge >= 0.3 is 0 Å². The molecule has 0 spiro atoms. The smallest absolute Gasteiger partial charge is 0.274 e. The van der Waals surface area contributed by atoms with Crippen molar-refractivity contribution in [1.82, 2.24) is 10.2 Å². The van der Waals surface area contributed by atoms with Gasteiger partial charge in [-0.3, -0.25) is 38.0 Å². The van der Waals surface area contributed by atoms with Crippen LogP contribution in [0.25, 0.3) is 0 Å². The Labute approximate surface area is 324 Å². The molecule has 4 aliphatic carbocycles. The fourth-order valence-electron chi connectivity index (χ4n) is 9.76. The summed E-state index contributed by atoms with van der Waals surface area (Å²) < 4.78 is 85.1. The van der Waals surface area contributed by atoms with Crippen LogP contribution in [0.4, 0.5) is 8.78 Å². The quantitative estimate of drug-likeness (QED) is 0.162. The number of aliphatic hydroxyl groups excluding tert-OH is 1. The van der Waals surface area contributed by atoms with E-state index < -0.39 is 143 Å². The molecule has 0 aromatic heterocycles. The monoisotopic (exact) mass is 838 g/mol. The summed E-state index contributed by atoms with van der Waals surface area (Å²) >= 11 is 0. The highest BCUT2D eigenvalue weighted by atomic mass is 31.3. The molecule has 0 bridgehead atoms. The Morgan fingerprint density at radius 2 is 1.68 bits per heavy atom. The van der Waals surface area contributed by atoms with E-state index in [0.29, 0.717) is 10.5 Å². The van der Waals surface area contributed by atoms with E-state index in [4.69, 9.17) is 14.0 Å². The molecule has 2 aliphatic heterocycles. The van der Waals surface area contributed by atoms with Gasteiger partial charge in [0.15, 0.2) is 29.1 Å². The highest BCUT2D eigenvalue weighted by Gasteiger charge is 2.80. The van der Waals surface area contributed by atoms with Crippen molar-refractivity contribution in [1.29, 1.82) is 0 Å². The molecule has 12 atom stereocenters. The van der Waals surface area contributed by atoms with Crippen LogP contribution >= 0.6 is 15.6 Å². The number of hydrogen-bond acceptors (Lipinski definition) is 15. The van der Waals surface area contributed by atoms with Crippen LogP contribution in [-0.4, -0.2) is 95.2 Å². The Bertz CT molecular complexity index is 2070. The third-order valence-corrected chi connectivity index (χ3v) is 14.8. The Morgan fingerprint density at radius 3 is 2.37 bits per heavy atom. The van der Waals surface area contributed by atoms with Gasteiger partial charge in [-0.15, -0.1) is 0 Å². The van der Waals surface area contributed by atoms with Crippen LogP contribution in [0.5, 0.6) is 0 Å². The van der Waals surface area contributed by atoms with Gasteiger partial charge < -0.3 is 38.7 Å². The molecule has 0 radical (unpaired) electrons. The summed E-state index contributed by atoms with van der Waals surface area (Å²) in [4.78, 5) is 87.8. The molecular formula is C36H38F2N2O15P2-2. The van der Waals surface area contributed by atoms with Gasteiger partial charge in [-0.1, -0.05) is 43.3 Å². The number of benzene rings is 1. The van der Waals surface area contributed by atoms with Gasteiger partial charge in [-0.2, -0.15) is 0 Å². The van der Waals surface area contributed by atoms with Crippen molar-refractivity contribution >= 4 is 44.9 Å². The number of carbonyl (C=O) groups excluding carboxylic acids is 5. The zero-order valence-electron chi connectivity index (χ0n) is 30.4. The van der Waals surface area contributed by atoms with Gasteiger partial charge in [-0.25, -0.2) is 13.1 Å². The Hall–Kier alpha value is -3.61. The van der Waals surface area contributed by atoms with Gasteiger partial charge in [-0.05, 0) is 49.8 Å². The minimum atomic E-state index is -5.91. The molecule has 1 saturated heterocycles. The van der Waals surface area contributed by atoms with Gasteiger partial charge in [0.2, 0.25) is 5.91 Å². The SMILES string of the molecule is C[C@]12C=CC(=O)C=C1[C@@H](F)C[C@H]1[C@@H]3C[C@H]4O[C@@H](c5ccccc5)O[C@@]4(C(=O)COP(=O)([O-])OP(=O)([O-])OCCNC(=O)CN4C(=O)C=CC4=O)[C@@]3(C)C[C@H](O)[C@@]12F. The van der Waals surface area contributed by atoms with E-state index in [9.17, 15) is 48.0 Å². The minimum Gasteiger partial charge on any atom is -0.756 e. The van der Waals surface area contributed by atoms with Crippen molar-refractivity contribution in [3.8, 4) is 0 Å². The number of nitrogens with zero attached hydrogens (tertiary/aromatic N) is 1. The molecule has 1 aromatic rings. The van der Waals surface area contributed by atoms with Crippen molar-refractivity contribution in [2.45, 2.75) is 69.0 Å². The van der Waals surface area contributed by atoms with Gasteiger partial charge in [0, 0.05) is 41.0 Å². The van der Waals surface area contributed by atoms with E-state index in [1.807, 2.05) is 0 Å². The molecule has 4 fully saturated rings. The van der Waals surface area contributed by atoms with Crippen LogP contribution in [-0.2, 0) is 55.9 Å². The fourth-order valence-corrected chi connectivity index (χ4v) is 11.7. The summed E-state index contributed by atoms with van der Waals surface area (Å²) in [7, 11) is -11.6. The first kappa shape index (κ1) is 41.5. The lowest BCUT2D eigenvalue weighted by Gasteiger charge is -2.63. The predicted octanol–water partition coefficient (Wildman–Crippen LogP) is 1.37. The van der Waals surface area contributed by atoms with E-state index in [2.05, 4.69) is 14.2 Å². The Balaban J connectivity index is 1.07. The number of phosphoric ester groups is 2. The number of aliphatic hydroxyl groups is 1. The largest absolute Gasteiger partial charge is 0.756 e. The molecule has 308 valence electrons. The topological polar surface area (TPSA) is 247 Å². The number of Topliss-reactive ketones (excluding diaryl/α,β-unsaturated/α-hetero) is 1. The molecule has 6 aliphatic rings. The summed E-state index contributed by atoms with van der Waals surface area (Å²) in [5, 5.41) is 14.0. The number of fused-ring (bicyclic) bond motifs is 7. The number of nitrogens with one attached hydrogen (secondary N) is 1. The summed E-state index contributed by atoms with van der Waals surface area (Å²) in [5.74, 6) is -6.07. The second-order valence-electron chi connectivity index (χ2n) is 15.3. The Morgan fingerprint density at radius 1 is 1.02 bits per heavy atom. The molecule has 3 saturated carbocycles. The zero-order chi connectivity index (χ0) is 41.3. The van der Waals surface area contributed by atoms with E-state index >= 15 is 8.78 Å². The number of ketones is 2. The number of allylic oxidation sites excluding steroid dienone is 4. The number of alkyl halides is 2. The zero-order valence-corrected chi connectivity index (χ0v) is 32.2. The number of imide groups is 1. The third-order valence-electron chi connectivity index (χ3n) is 12.3. The maximum absolute atomic E-state index is 17.8. The predicted molar refractivity (Wildman–Crippen MR) is 184 cm³/mol. The summed E-state index contributed by atoms with van der Waals surface area (Å²) in [6.45, 7) is -0.449. The van der Waals surface area contributed by atoms with Crippen LogP contribution in [0.1, 0.15) is 45.0 Å². The van der Waals surface area contributed by atoms with Crippen LogP contribution in [0, 0.1) is 22.7 Å². The lowest BCUT2D eigenvalue weighted by molar-refractivity contribution is -0.246. The number of phosphoric acid groups is 2. The number of halogens is 2. The molecule has 7 rings (SSSR count). The van der Waals surface area contributed by atoms with Crippen molar-refractivity contribution < 1.29 is 79.6 Å². The molecule has 2 heterocycles. The number of carbonyl (C=O) groups is 5. The maximum atomic E-state index is 17.8. The highest BCUT2D eigenvalue weighted by Crippen LogP contribution is 2.73. The van der Waals surface area contributed by atoms with Crippen LogP contribution in [0.2, 0.25) is 0 Å². The average Bonchev–Trinajstić information content (AvgIpc) is 3.77. The second-order valence-corrected chi connectivity index (χ2v) is 18.2. The van der Waals surface area contributed by atoms with E-state index in [1.54, 1.807) is 37.3 Å². The van der Waals surface area contributed by atoms with Crippen molar-refractivity contribution in [3.63, 3.8) is 0 Å². The van der Waals surface area contributed by atoms with Crippen LogP contribution in [0.15, 0.2) is 66.3 Å². The summed E-state index contributed by atoms with van der Waals surface area (Å²) in [5.41, 5.74) is -7.57. The summed E-state index contributed by atoms with van der Waals surface area (Å²) in [6, 6.07) is 8.36. The minimum absolute atomic E-state index is 0.0909. The highest BCUT2D eigenvalue weighted by molar-refractivity contribution is 7.59. The van der Waals surface area contributed by atoms with E-state index in [-0.39, 0.29) is 12.0 Å². The molecule has 17 nitrogen and oxygen atoms in total. The van der Waals surface area contributed by atoms with Crippen molar-refractivity contribution in [2.75, 3.05) is 26.3 Å².